The molecule has 0 saturated carbocycles. The molecule has 16 heteroatoms. The number of rotatable bonds is 8. The van der Waals surface area contributed by atoms with Crippen LogP contribution in [0.3, 0.4) is 0 Å². The number of esters is 3. The molecule has 238 valence electrons. The lowest BCUT2D eigenvalue weighted by atomic mass is 9.96. The van der Waals surface area contributed by atoms with Crippen molar-refractivity contribution in [2.45, 2.75) is 63.8 Å². The van der Waals surface area contributed by atoms with E-state index < -0.39 is 84.5 Å². The van der Waals surface area contributed by atoms with Crippen LogP contribution in [0.2, 0.25) is 0 Å². The van der Waals surface area contributed by atoms with Gasteiger partial charge in [0.2, 0.25) is 6.29 Å². The highest BCUT2D eigenvalue weighted by Crippen LogP contribution is 2.34. The van der Waals surface area contributed by atoms with Gasteiger partial charge in [0.15, 0.2) is 18.2 Å². The fourth-order valence-corrected chi connectivity index (χ4v) is 4.06. The lowest BCUT2D eigenvalue weighted by molar-refractivity contribution is -0.260. The molecule has 1 saturated heterocycles. The minimum Gasteiger partial charge on any atom is -0.463 e. The zero-order valence-electron chi connectivity index (χ0n) is 23.3. The topological polar surface area (TPSA) is 122 Å². The predicted octanol–water partition coefficient (Wildman–Crippen LogP) is 4.95. The summed E-state index contributed by atoms with van der Waals surface area (Å²) in [6, 6.07) is 9.11. The number of para-hydroxylation sites is 1. The van der Waals surface area contributed by atoms with Crippen LogP contribution in [0.4, 0.5) is 32.0 Å². The molecule has 0 aliphatic carbocycles. The van der Waals surface area contributed by atoms with Gasteiger partial charge in [0.25, 0.3) is 5.90 Å². The Labute approximate surface area is 246 Å². The van der Waals surface area contributed by atoms with Crippen molar-refractivity contribution in [1.82, 2.24) is 0 Å². The van der Waals surface area contributed by atoms with Gasteiger partial charge in [-0.2, -0.15) is 26.3 Å². The molecule has 0 unspecified atom stereocenters. The molecule has 1 fully saturated rings. The molecule has 44 heavy (non-hydrogen) atoms. The Morgan fingerprint density at radius 3 is 1.98 bits per heavy atom. The van der Waals surface area contributed by atoms with E-state index in [-0.39, 0.29) is 5.69 Å². The number of benzene rings is 2. The van der Waals surface area contributed by atoms with Gasteiger partial charge in [0.1, 0.15) is 12.7 Å². The Kier molecular flexibility index (Phi) is 11.1. The van der Waals surface area contributed by atoms with Gasteiger partial charge >= 0.3 is 30.3 Å². The number of halogens is 6. The second-order valence-electron chi connectivity index (χ2n) is 9.22. The molecule has 3 rings (SSSR count). The number of alkyl halides is 6. The number of carbonyl (C=O) groups excluding carboxylic acids is 3. The number of nitrogens with zero attached hydrogens (tertiary/aromatic N) is 2. The SMILES string of the molecule is CC(=O)OC[C@H]1O[C@@H](OC(=Nc2ccccc2)C(F)(F)F)[C@H](N=Cc2ccccc2C(F)(F)F)[C@@H](OC(C)=O)[C@H]1OC(C)=O. The molecule has 0 spiro atoms. The summed E-state index contributed by atoms with van der Waals surface area (Å²) in [5.74, 6) is -4.68. The fraction of sp³-hybridized carbons (Fsp3) is 0.393. The molecule has 0 radical (unpaired) electrons. The Morgan fingerprint density at radius 2 is 1.41 bits per heavy atom. The molecule has 2 aromatic carbocycles. The van der Waals surface area contributed by atoms with Crippen LogP contribution in [-0.4, -0.2) is 73.4 Å². The van der Waals surface area contributed by atoms with Gasteiger partial charge in [0, 0.05) is 32.5 Å². The minimum atomic E-state index is -5.23. The van der Waals surface area contributed by atoms with E-state index in [1.165, 1.54) is 36.4 Å². The average molecular weight is 633 g/mol. The number of hydrogen-bond acceptors (Lipinski definition) is 10. The van der Waals surface area contributed by atoms with Crippen LogP contribution in [0.25, 0.3) is 0 Å². The maximum atomic E-state index is 14.1. The van der Waals surface area contributed by atoms with Gasteiger partial charge in [-0.1, -0.05) is 36.4 Å². The van der Waals surface area contributed by atoms with Crippen LogP contribution in [0, 0.1) is 0 Å². The summed E-state index contributed by atoms with van der Waals surface area (Å²) in [5.41, 5.74) is -1.81. The molecule has 1 aliphatic heterocycles. The second-order valence-corrected chi connectivity index (χ2v) is 9.22. The lowest BCUT2D eigenvalue weighted by Crippen LogP contribution is -2.62. The number of hydrogen-bond donors (Lipinski definition) is 0. The quantitative estimate of drug-likeness (QED) is 0.132. The molecule has 2 aromatic rings. The molecular formula is C28H26F6N2O8. The summed E-state index contributed by atoms with van der Waals surface area (Å²) in [6.07, 6.45) is -16.6. The average Bonchev–Trinajstić information content (AvgIpc) is 2.91. The van der Waals surface area contributed by atoms with E-state index >= 15 is 0 Å². The van der Waals surface area contributed by atoms with Crippen molar-refractivity contribution >= 4 is 35.7 Å². The van der Waals surface area contributed by atoms with Gasteiger partial charge in [0.05, 0.1) is 11.3 Å². The van der Waals surface area contributed by atoms with Crippen LogP contribution < -0.4 is 0 Å². The summed E-state index contributed by atoms with van der Waals surface area (Å²) >= 11 is 0. The van der Waals surface area contributed by atoms with Gasteiger partial charge in [-0.15, -0.1) is 0 Å². The number of ether oxygens (including phenoxy) is 5. The van der Waals surface area contributed by atoms with E-state index in [1.807, 2.05) is 0 Å². The summed E-state index contributed by atoms with van der Waals surface area (Å²) in [5, 5.41) is 0. The molecule has 0 amide bonds. The third-order valence-corrected chi connectivity index (χ3v) is 5.78. The smallest absolute Gasteiger partial charge is 0.463 e. The van der Waals surface area contributed by atoms with Gasteiger partial charge < -0.3 is 23.7 Å². The van der Waals surface area contributed by atoms with Gasteiger partial charge in [-0.25, -0.2) is 4.99 Å². The van der Waals surface area contributed by atoms with Crippen molar-refractivity contribution < 1.29 is 64.4 Å². The Bertz CT molecular complexity index is 1380. The first-order chi connectivity index (χ1) is 20.6. The Balaban J connectivity index is 2.18. The van der Waals surface area contributed by atoms with Crippen LogP contribution in [0.1, 0.15) is 31.9 Å². The van der Waals surface area contributed by atoms with Crippen LogP contribution in [0.5, 0.6) is 0 Å². The summed E-state index contributed by atoms with van der Waals surface area (Å²) < 4.78 is 110. The first-order valence-corrected chi connectivity index (χ1v) is 12.8. The zero-order valence-corrected chi connectivity index (χ0v) is 23.3. The molecule has 0 aromatic heterocycles. The first kappa shape index (κ1) is 34.0. The van der Waals surface area contributed by atoms with E-state index in [0.717, 1.165) is 39.0 Å². The summed E-state index contributed by atoms with van der Waals surface area (Å²) in [6.45, 7) is 2.19. The highest BCUT2D eigenvalue weighted by Gasteiger charge is 2.53. The molecular weight excluding hydrogens is 606 g/mol. The summed E-state index contributed by atoms with van der Waals surface area (Å²) in [7, 11) is 0. The van der Waals surface area contributed by atoms with Crippen molar-refractivity contribution in [3.63, 3.8) is 0 Å². The van der Waals surface area contributed by atoms with Crippen molar-refractivity contribution in [2.24, 2.45) is 9.98 Å². The molecule has 1 heterocycles. The molecule has 1 aliphatic rings. The van der Waals surface area contributed by atoms with Gasteiger partial charge in [-0.05, 0) is 18.2 Å². The predicted molar refractivity (Wildman–Crippen MR) is 140 cm³/mol. The number of aliphatic imine (C=N–C) groups is 2. The van der Waals surface area contributed by atoms with E-state index in [0.29, 0.717) is 6.21 Å². The Hall–Kier alpha value is -4.47. The van der Waals surface area contributed by atoms with Gasteiger partial charge in [-0.3, -0.25) is 19.4 Å². The largest absolute Gasteiger partial charge is 0.468 e. The fourth-order valence-electron chi connectivity index (χ4n) is 4.06. The molecule has 10 nitrogen and oxygen atoms in total. The molecule has 0 bridgehead atoms. The minimum absolute atomic E-state index is 0.180. The highest BCUT2D eigenvalue weighted by molar-refractivity contribution is 5.85. The standard InChI is InChI=1S/C28H26F6N2O8/c1-15(37)40-14-21-23(41-16(2)38)24(42-17(3)39)22(35-13-18-9-7-8-12-20(18)27(29,30)31)25(43-21)44-26(28(32,33)34)36-19-10-5-4-6-11-19/h4-13,21-25H,14H2,1-3H3/t21-,22-,23+,24-,25+/m1/s1. The first-order valence-electron chi connectivity index (χ1n) is 12.8. The molecule has 0 N–H and O–H groups in total. The van der Waals surface area contributed by atoms with E-state index in [1.54, 1.807) is 0 Å². The Morgan fingerprint density at radius 1 is 0.818 bits per heavy atom. The zero-order chi connectivity index (χ0) is 32.7. The maximum Gasteiger partial charge on any atom is 0.468 e. The lowest BCUT2D eigenvalue weighted by Gasteiger charge is -2.43. The van der Waals surface area contributed by atoms with Crippen molar-refractivity contribution in [3.8, 4) is 0 Å². The monoisotopic (exact) mass is 632 g/mol. The highest BCUT2D eigenvalue weighted by atomic mass is 19.4. The third kappa shape index (κ3) is 9.52. The van der Waals surface area contributed by atoms with Crippen molar-refractivity contribution in [1.29, 1.82) is 0 Å². The third-order valence-electron chi connectivity index (χ3n) is 5.78. The van der Waals surface area contributed by atoms with E-state index in [4.69, 9.17) is 23.7 Å². The second kappa shape index (κ2) is 14.3. The summed E-state index contributed by atoms with van der Waals surface area (Å²) in [4.78, 5) is 43.1. The van der Waals surface area contributed by atoms with Crippen LogP contribution in [-0.2, 0) is 44.2 Å². The van der Waals surface area contributed by atoms with Crippen LogP contribution in [0.15, 0.2) is 64.6 Å². The van der Waals surface area contributed by atoms with E-state index in [2.05, 4.69) is 9.98 Å². The van der Waals surface area contributed by atoms with Crippen LogP contribution >= 0.6 is 0 Å². The molecule has 5 atom stereocenters. The maximum absolute atomic E-state index is 14.1. The number of carbonyl (C=O) groups is 3. The van der Waals surface area contributed by atoms with Crippen molar-refractivity contribution in [3.05, 3.63) is 65.7 Å². The van der Waals surface area contributed by atoms with Crippen molar-refractivity contribution in [2.75, 3.05) is 6.61 Å². The normalized spacial score (nSPS) is 22.8. The van der Waals surface area contributed by atoms with E-state index in [9.17, 15) is 40.7 Å².